The Kier molecular flexibility index (Phi) is 5.31. The Labute approximate surface area is 139 Å². The van der Waals surface area contributed by atoms with Crippen molar-refractivity contribution < 1.29 is 5.11 Å². The minimum absolute atomic E-state index is 0.338. The summed E-state index contributed by atoms with van der Waals surface area (Å²) in [5.41, 5.74) is 3.98. The van der Waals surface area contributed by atoms with Crippen molar-refractivity contribution >= 4 is 5.69 Å². The van der Waals surface area contributed by atoms with Crippen molar-refractivity contribution in [2.75, 3.05) is 31.6 Å². The quantitative estimate of drug-likeness (QED) is 0.889. The molecule has 0 aliphatic carbocycles. The SMILES string of the molecule is CN(Cc1ccccc1)CC(O)CN1CCCc2ccccc21. The van der Waals surface area contributed by atoms with E-state index in [2.05, 4.69) is 65.4 Å². The van der Waals surface area contributed by atoms with Crippen LogP contribution in [0, 0.1) is 0 Å². The molecule has 3 nitrogen and oxygen atoms in total. The van der Waals surface area contributed by atoms with E-state index < -0.39 is 0 Å². The van der Waals surface area contributed by atoms with Gasteiger partial charge in [0.05, 0.1) is 6.10 Å². The number of aliphatic hydroxyl groups excluding tert-OH is 1. The molecule has 0 amide bonds. The van der Waals surface area contributed by atoms with E-state index in [1.165, 1.54) is 23.2 Å². The lowest BCUT2D eigenvalue weighted by Crippen LogP contribution is -2.41. The molecule has 3 rings (SSSR count). The first-order valence-corrected chi connectivity index (χ1v) is 8.46. The lowest BCUT2D eigenvalue weighted by Gasteiger charge is -2.33. The van der Waals surface area contributed by atoms with E-state index in [1.54, 1.807) is 0 Å². The number of likely N-dealkylation sites (N-methyl/N-ethyl adjacent to an activating group) is 1. The molecule has 0 bridgehead atoms. The highest BCUT2D eigenvalue weighted by Crippen LogP contribution is 2.26. The van der Waals surface area contributed by atoms with Gasteiger partial charge in [-0.3, -0.25) is 4.90 Å². The number of rotatable bonds is 6. The molecule has 0 aromatic heterocycles. The second kappa shape index (κ2) is 7.62. The normalized spacial score (nSPS) is 15.5. The van der Waals surface area contributed by atoms with Crippen molar-refractivity contribution in [2.45, 2.75) is 25.5 Å². The van der Waals surface area contributed by atoms with Crippen LogP contribution in [-0.4, -0.2) is 42.8 Å². The number of hydrogen-bond acceptors (Lipinski definition) is 3. The summed E-state index contributed by atoms with van der Waals surface area (Å²) in [6.07, 6.45) is 1.98. The van der Waals surface area contributed by atoms with Gasteiger partial charge in [-0.05, 0) is 37.1 Å². The highest BCUT2D eigenvalue weighted by molar-refractivity contribution is 5.55. The van der Waals surface area contributed by atoms with Gasteiger partial charge < -0.3 is 10.0 Å². The summed E-state index contributed by atoms with van der Waals surface area (Å²) in [7, 11) is 2.07. The monoisotopic (exact) mass is 310 g/mol. The van der Waals surface area contributed by atoms with E-state index in [9.17, 15) is 5.11 Å². The molecule has 1 aliphatic heterocycles. The van der Waals surface area contributed by atoms with Gasteiger partial charge in [0.1, 0.15) is 0 Å². The third-order valence-electron chi connectivity index (χ3n) is 4.46. The van der Waals surface area contributed by atoms with Crippen LogP contribution in [0.4, 0.5) is 5.69 Å². The summed E-state index contributed by atoms with van der Waals surface area (Å²) in [5.74, 6) is 0. The smallest absolute Gasteiger partial charge is 0.0841 e. The number of β-amino-alcohol motifs (C(OH)–C–C–N with tert-alkyl or cyclic N) is 1. The zero-order chi connectivity index (χ0) is 16.1. The number of hydrogen-bond donors (Lipinski definition) is 1. The zero-order valence-corrected chi connectivity index (χ0v) is 13.9. The third-order valence-corrected chi connectivity index (χ3v) is 4.46. The molecule has 0 saturated carbocycles. The summed E-state index contributed by atoms with van der Waals surface area (Å²) in [5, 5.41) is 10.5. The predicted molar refractivity (Wildman–Crippen MR) is 95.8 cm³/mol. The van der Waals surface area contributed by atoms with Crippen molar-refractivity contribution in [2.24, 2.45) is 0 Å². The Bertz CT molecular complexity index is 614. The number of aliphatic hydroxyl groups is 1. The molecule has 1 aliphatic rings. The molecule has 3 heteroatoms. The molecule has 122 valence electrons. The molecule has 2 aromatic carbocycles. The van der Waals surface area contributed by atoms with Crippen molar-refractivity contribution in [1.82, 2.24) is 4.90 Å². The van der Waals surface area contributed by atoms with Gasteiger partial charge in [0.2, 0.25) is 0 Å². The summed E-state index contributed by atoms with van der Waals surface area (Å²) < 4.78 is 0. The minimum Gasteiger partial charge on any atom is -0.390 e. The second-order valence-corrected chi connectivity index (χ2v) is 6.51. The Balaban J connectivity index is 1.54. The van der Waals surface area contributed by atoms with Crippen molar-refractivity contribution in [1.29, 1.82) is 0 Å². The average molecular weight is 310 g/mol. The summed E-state index contributed by atoms with van der Waals surface area (Å²) in [4.78, 5) is 4.52. The summed E-state index contributed by atoms with van der Waals surface area (Å²) in [6, 6.07) is 19.0. The first-order chi connectivity index (χ1) is 11.2. The molecule has 2 aromatic rings. The van der Waals surface area contributed by atoms with Crippen LogP contribution in [0.2, 0.25) is 0 Å². The molecule has 0 saturated heterocycles. The molecule has 1 N–H and O–H groups in total. The van der Waals surface area contributed by atoms with Crippen LogP contribution in [0.3, 0.4) is 0 Å². The Morgan fingerprint density at radius 1 is 1.09 bits per heavy atom. The number of fused-ring (bicyclic) bond motifs is 1. The Morgan fingerprint density at radius 3 is 2.65 bits per heavy atom. The average Bonchev–Trinajstić information content (AvgIpc) is 2.56. The van der Waals surface area contributed by atoms with Crippen LogP contribution in [0.5, 0.6) is 0 Å². The second-order valence-electron chi connectivity index (χ2n) is 6.51. The highest BCUT2D eigenvalue weighted by atomic mass is 16.3. The molecular weight excluding hydrogens is 284 g/mol. The fraction of sp³-hybridized carbons (Fsp3) is 0.400. The number of benzene rings is 2. The fourth-order valence-electron chi connectivity index (χ4n) is 3.43. The summed E-state index contributed by atoms with van der Waals surface area (Å²) >= 11 is 0. The van der Waals surface area contributed by atoms with Crippen molar-refractivity contribution in [3.8, 4) is 0 Å². The van der Waals surface area contributed by atoms with Crippen molar-refractivity contribution in [3.63, 3.8) is 0 Å². The van der Waals surface area contributed by atoms with Crippen LogP contribution in [0.25, 0.3) is 0 Å². The van der Waals surface area contributed by atoms with E-state index in [-0.39, 0.29) is 6.10 Å². The van der Waals surface area contributed by atoms with E-state index in [1.807, 2.05) is 6.07 Å². The lowest BCUT2D eigenvalue weighted by molar-refractivity contribution is 0.127. The van der Waals surface area contributed by atoms with Gasteiger partial charge in [-0.2, -0.15) is 0 Å². The van der Waals surface area contributed by atoms with Crippen LogP contribution in [-0.2, 0) is 13.0 Å². The van der Waals surface area contributed by atoms with E-state index in [0.717, 1.165) is 19.5 Å². The minimum atomic E-state index is -0.338. The number of para-hydroxylation sites is 1. The fourth-order valence-corrected chi connectivity index (χ4v) is 3.43. The number of aryl methyl sites for hydroxylation is 1. The van der Waals surface area contributed by atoms with Gasteiger partial charge in [-0.1, -0.05) is 48.5 Å². The van der Waals surface area contributed by atoms with Gasteiger partial charge in [0.25, 0.3) is 0 Å². The topological polar surface area (TPSA) is 26.7 Å². The lowest BCUT2D eigenvalue weighted by atomic mass is 10.0. The van der Waals surface area contributed by atoms with Crippen molar-refractivity contribution in [3.05, 3.63) is 65.7 Å². The Morgan fingerprint density at radius 2 is 1.83 bits per heavy atom. The van der Waals surface area contributed by atoms with Crippen LogP contribution in [0.1, 0.15) is 17.5 Å². The summed E-state index contributed by atoms with van der Waals surface area (Å²) in [6.45, 7) is 3.30. The van der Waals surface area contributed by atoms with Gasteiger partial charge in [-0.15, -0.1) is 0 Å². The van der Waals surface area contributed by atoms with E-state index in [0.29, 0.717) is 13.1 Å². The molecule has 0 radical (unpaired) electrons. The van der Waals surface area contributed by atoms with Gasteiger partial charge in [-0.25, -0.2) is 0 Å². The number of anilines is 1. The maximum absolute atomic E-state index is 10.5. The third kappa shape index (κ3) is 4.34. The first-order valence-electron chi connectivity index (χ1n) is 8.46. The molecule has 0 fully saturated rings. The first kappa shape index (κ1) is 16.0. The zero-order valence-electron chi connectivity index (χ0n) is 13.9. The Hall–Kier alpha value is -1.84. The molecule has 0 spiro atoms. The maximum Gasteiger partial charge on any atom is 0.0841 e. The van der Waals surface area contributed by atoms with E-state index >= 15 is 0 Å². The van der Waals surface area contributed by atoms with E-state index in [4.69, 9.17) is 0 Å². The van der Waals surface area contributed by atoms with Crippen LogP contribution >= 0.6 is 0 Å². The predicted octanol–water partition coefficient (Wildman–Crippen LogP) is 2.93. The molecule has 1 heterocycles. The van der Waals surface area contributed by atoms with Crippen LogP contribution in [0.15, 0.2) is 54.6 Å². The molecular formula is C20H26N2O. The molecule has 1 unspecified atom stereocenters. The van der Waals surface area contributed by atoms with Gasteiger partial charge >= 0.3 is 0 Å². The molecule has 23 heavy (non-hydrogen) atoms. The maximum atomic E-state index is 10.5. The number of nitrogens with zero attached hydrogens (tertiary/aromatic N) is 2. The standard InChI is InChI=1S/C20H26N2O/c1-21(14-17-8-3-2-4-9-17)15-19(23)16-22-13-7-11-18-10-5-6-12-20(18)22/h2-6,8-10,12,19,23H,7,11,13-16H2,1H3. The molecule has 1 atom stereocenters. The van der Waals surface area contributed by atoms with Gasteiger partial charge in [0.15, 0.2) is 0 Å². The largest absolute Gasteiger partial charge is 0.390 e. The van der Waals surface area contributed by atoms with Crippen LogP contribution < -0.4 is 4.90 Å². The van der Waals surface area contributed by atoms with Gasteiger partial charge in [0, 0.05) is 31.9 Å². The highest BCUT2D eigenvalue weighted by Gasteiger charge is 2.19.